The first-order chi connectivity index (χ1) is 13.8. The molecule has 0 atom stereocenters. The van der Waals surface area contributed by atoms with Gasteiger partial charge in [-0.2, -0.15) is 0 Å². The van der Waals surface area contributed by atoms with Gasteiger partial charge in [0.25, 0.3) is 15.9 Å². The number of sulfonamides is 1. The van der Waals surface area contributed by atoms with Gasteiger partial charge in [-0.25, -0.2) is 8.42 Å². The first-order valence-corrected chi connectivity index (χ1v) is 10.5. The summed E-state index contributed by atoms with van der Waals surface area (Å²) in [5.74, 6) is 1.25. The average molecular weight is 423 g/mol. The third kappa shape index (κ3) is 6.37. The van der Waals surface area contributed by atoms with E-state index in [1.807, 2.05) is 0 Å². The normalized spacial score (nSPS) is 11.2. The first-order valence-electron chi connectivity index (χ1n) is 9.04. The molecule has 0 unspecified atom stereocenters. The lowest BCUT2D eigenvalue weighted by Gasteiger charge is -2.12. The van der Waals surface area contributed by atoms with Crippen molar-refractivity contribution in [1.29, 1.82) is 0 Å². The zero-order valence-corrected chi connectivity index (χ0v) is 17.7. The van der Waals surface area contributed by atoms with E-state index in [1.165, 1.54) is 32.4 Å². The SMILES string of the molecule is COc1ccc(S(=O)(=O)NNC(=O)c2ccc(OCCC(C)C)cc2)cc1OC. The average Bonchev–Trinajstić information content (AvgIpc) is 2.71. The fourth-order valence-corrected chi connectivity index (χ4v) is 3.20. The number of nitrogens with one attached hydrogen (secondary N) is 2. The molecule has 0 bridgehead atoms. The van der Waals surface area contributed by atoms with Gasteiger partial charge in [-0.15, -0.1) is 4.83 Å². The molecule has 0 aliphatic heterocycles. The summed E-state index contributed by atoms with van der Waals surface area (Å²) in [5.41, 5.74) is 2.48. The summed E-state index contributed by atoms with van der Waals surface area (Å²) in [6.45, 7) is 4.81. The van der Waals surface area contributed by atoms with Crippen LogP contribution in [0.15, 0.2) is 47.4 Å². The lowest BCUT2D eigenvalue weighted by molar-refractivity contribution is 0.0945. The zero-order chi connectivity index (χ0) is 21.4. The van der Waals surface area contributed by atoms with Crippen molar-refractivity contribution in [3.63, 3.8) is 0 Å². The summed E-state index contributed by atoms with van der Waals surface area (Å²) in [6, 6.07) is 10.6. The standard InChI is InChI=1S/C20H26N2O6S/c1-14(2)11-12-28-16-7-5-15(6-8-16)20(23)21-22-29(24,25)17-9-10-18(26-3)19(13-17)27-4/h5-10,13-14,22H,11-12H2,1-4H3,(H,21,23). The molecule has 0 fully saturated rings. The molecule has 0 aliphatic carbocycles. The van der Waals surface area contributed by atoms with Gasteiger partial charge in [0.1, 0.15) is 5.75 Å². The van der Waals surface area contributed by atoms with E-state index in [9.17, 15) is 13.2 Å². The molecule has 0 aliphatic rings. The maximum absolute atomic E-state index is 12.4. The van der Waals surface area contributed by atoms with Gasteiger partial charge in [0, 0.05) is 11.6 Å². The summed E-state index contributed by atoms with van der Waals surface area (Å²) in [4.78, 5) is 14.2. The summed E-state index contributed by atoms with van der Waals surface area (Å²) < 4.78 is 40.6. The fraction of sp³-hybridized carbons (Fsp3) is 0.350. The molecule has 9 heteroatoms. The monoisotopic (exact) mass is 422 g/mol. The van der Waals surface area contributed by atoms with Gasteiger partial charge in [-0.05, 0) is 48.7 Å². The van der Waals surface area contributed by atoms with Crippen molar-refractivity contribution in [2.24, 2.45) is 5.92 Å². The quantitative estimate of drug-likeness (QED) is 0.571. The van der Waals surface area contributed by atoms with Crippen molar-refractivity contribution in [3.05, 3.63) is 48.0 Å². The smallest absolute Gasteiger partial charge is 0.266 e. The van der Waals surface area contributed by atoms with E-state index in [1.54, 1.807) is 24.3 Å². The molecule has 0 heterocycles. The van der Waals surface area contributed by atoms with Crippen LogP contribution in [0, 0.1) is 5.92 Å². The predicted molar refractivity (Wildman–Crippen MR) is 109 cm³/mol. The molecule has 29 heavy (non-hydrogen) atoms. The summed E-state index contributed by atoms with van der Waals surface area (Å²) >= 11 is 0. The topological polar surface area (TPSA) is 103 Å². The largest absolute Gasteiger partial charge is 0.494 e. The molecular weight excluding hydrogens is 396 g/mol. The minimum atomic E-state index is -3.99. The first kappa shape index (κ1) is 22.5. The van der Waals surface area contributed by atoms with Crippen LogP contribution in [-0.4, -0.2) is 35.2 Å². The maximum Gasteiger partial charge on any atom is 0.266 e. The van der Waals surface area contributed by atoms with Crippen LogP contribution in [0.4, 0.5) is 0 Å². The van der Waals surface area contributed by atoms with Crippen molar-refractivity contribution < 1.29 is 27.4 Å². The molecule has 2 aromatic carbocycles. The Hall–Kier alpha value is -2.78. The second kappa shape index (κ2) is 10.1. The van der Waals surface area contributed by atoms with Crippen molar-refractivity contribution in [2.75, 3.05) is 20.8 Å². The molecule has 2 aromatic rings. The third-order valence-corrected chi connectivity index (χ3v) is 5.29. The Morgan fingerprint density at radius 1 is 1.00 bits per heavy atom. The number of benzene rings is 2. The van der Waals surface area contributed by atoms with Crippen molar-refractivity contribution in [1.82, 2.24) is 10.3 Å². The van der Waals surface area contributed by atoms with Gasteiger partial charge in [-0.1, -0.05) is 13.8 Å². The highest BCUT2D eigenvalue weighted by Gasteiger charge is 2.18. The van der Waals surface area contributed by atoms with E-state index in [-0.39, 0.29) is 16.2 Å². The highest BCUT2D eigenvalue weighted by molar-refractivity contribution is 7.89. The van der Waals surface area contributed by atoms with Gasteiger partial charge in [0.15, 0.2) is 11.5 Å². The highest BCUT2D eigenvalue weighted by Crippen LogP contribution is 2.29. The van der Waals surface area contributed by atoms with Crippen molar-refractivity contribution in [3.8, 4) is 17.2 Å². The predicted octanol–water partition coefficient (Wildman–Crippen LogP) is 2.75. The molecule has 2 rings (SSSR count). The number of ether oxygens (including phenoxy) is 3. The zero-order valence-electron chi connectivity index (χ0n) is 16.9. The molecular formula is C20H26N2O6S. The lowest BCUT2D eigenvalue weighted by Crippen LogP contribution is -2.41. The number of rotatable bonds is 10. The minimum Gasteiger partial charge on any atom is -0.494 e. The Balaban J connectivity index is 1.98. The van der Waals surface area contributed by atoms with Crippen LogP contribution >= 0.6 is 0 Å². The Labute approximate surface area is 171 Å². The van der Waals surface area contributed by atoms with Crippen LogP contribution in [0.5, 0.6) is 17.2 Å². The number of carbonyl (C=O) groups excluding carboxylic acids is 1. The molecule has 0 saturated heterocycles. The van der Waals surface area contributed by atoms with E-state index in [0.29, 0.717) is 24.0 Å². The van der Waals surface area contributed by atoms with Crippen LogP contribution < -0.4 is 24.5 Å². The summed E-state index contributed by atoms with van der Waals surface area (Å²) in [7, 11) is -1.14. The number of methoxy groups -OCH3 is 2. The number of amides is 1. The van der Waals surface area contributed by atoms with Crippen molar-refractivity contribution >= 4 is 15.9 Å². The molecule has 0 spiro atoms. The van der Waals surface area contributed by atoms with E-state index < -0.39 is 15.9 Å². The van der Waals surface area contributed by atoms with Crippen LogP contribution in [0.25, 0.3) is 0 Å². The third-order valence-electron chi connectivity index (χ3n) is 4.04. The Kier molecular flexibility index (Phi) is 7.86. The summed E-state index contributed by atoms with van der Waals surface area (Å²) in [6.07, 6.45) is 0.931. The molecule has 2 N–H and O–H groups in total. The Morgan fingerprint density at radius 3 is 2.24 bits per heavy atom. The number of hydrogen-bond acceptors (Lipinski definition) is 6. The van der Waals surface area contributed by atoms with Gasteiger partial charge in [-0.3, -0.25) is 10.2 Å². The van der Waals surface area contributed by atoms with Crippen LogP contribution in [0.2, 0.25) is 0 Å². The van der Waals surface area contributed by atoms with E-state index in [2.05, 4.69) is 24.1 Å². The molecule has 158 valence electrons. The second-order valence-electron chi connectivity index (χ2n) is 6.63. The van der Waals surface area contributed by atoms with Gasteiger partial charge >= 0.3 is 0 Å². The molecule has 0 radical (unpaired) electrons. The number of hydrazine groups is 1. The Morgan fingerprint density at radius 2 is 1.66 bits per heavy atom. The molecule has 0 aromatic heterocycles. The fourth-order valence-electron chi connectivity index (χ4n) is 2.34. The number of hydrogen-bond donors (Lipinski definition) is 2. The van der Waals surface area contributed by atoms with E-state index in [0.717, 1.165) is 6.42 Å². The van der Waals surface area contributed by atoms with Crippen LogP contribution in [0.3, 0.4) is 0 Å². The number of carbonyl (C=O) groups is 1. The highest BCUT2D eigenvalue weighted by atomic mass is 32.2. The van der Waals surface area contributed by atoms with Gasteiger partial charge in [0.05, 0.1) is 25.7 Å². The second-order valence-corrected chi connectivity index (χ2v) is 8.31. The molecule has 8 nitrogen and oxygen atoms in total. The van der Waals surface area contributed by atoms with Crippen molar-refractivity contribution in [2.45, 2.75) is 25.2 Å². The minimum absolute atomic E-state index is 0.0793. The van der Waals surface area contributed by atoms with E-state index in [4.69, 9.17) is 14.2 Å². The Bertz CT molecular complexity index is 926. The molecule has 1 amide bonds. The molecule has 0 saturated carbocycles. The van der Waals surface area contributed by atoms with Crippen LogP contribution in [0.1, 0.15) is 30.6 Å². The van der Waals surface area contributed by atoms with E-state index >= 15 is 0 Å². The maximum atomic E-state index is 12.4. The summed E-state index contributed by atoms with van der Waals surface area (Å²) in [5, 5.41) is 0. The van der Waals surface area contributed by atoms with Gasteiger partial charge < -0.3 is 14.2 Å². The lowest BCUT2D eigenvalue weighted by atomic mass is 10.1. The van der Waals surface area contributed by atoms with Crippen LogP contribution in [-0.2, 0) is 10.0 Å². The van der Waals surface area contributed by atoms with Gasteiger partial charge in [0.2, 0.25) is 0 Å².